The van der Waals surface area contributed by atoms with Crippen LogP contribution in [0.25, 0.3) is 0 Å². The molecule has 1 aromatic rings. The lowest BCUT2D eigenvalue weighted by molar-refractivity contribution is -0.119. The van der Waals surface area contributed by atoms with Gasteiger partial charge in [0.15, 0.2) is 0 Å². The number of carbonyl (C=O) groups is 1. The van der Waals surface area contributed by atoms with E-state index in [1.807, 2.05) is 6.92 Å². The van der Waals surface area contributed by atoms with Gasteiger partial charge in [-0.15, -0.1) is 11.8 Å². The van der Waals surface area contributed by atoms with E-state index in [0.29, 0.717) is 11.7 Å². The van der Waals surface area contributed by atoms with Gasteiger partial charge >= 0.3 is 0 Å². The summed E-state index contributed by atoms with van der Waals surface area (Å²) in [6, 6.07) is 8.71. The first-order chi connectivity index (χ1) is 8.49. The molecule has 1 amide bonds. The second-order valence-electron chi connectivity index (χ2n) is 5.08. The lowest BCUT2D eigenvalue weighted by Crippen LogP contribution is -2.37. The van der Waals surface area contributed by atoms with Crippen molar-refractivity contribution in [3.63, 3.8) is 0 Å². The van der Waals surface area contributed by atoms with Crippen LogP contribution < -0.4 is 5.32 Å². The van der Waals surface area contributed by atoms with Crippen molar-refractivity contribution in [2.24, 2.45) is 5.92 Å². The average Bonchev–Trinajstić information content (AvgIpc) is 2.31. The summed E-state index contributed by atoms with van der Waals surface area (Å²) in [7, 11) is 0. The Bertz CT molecular complexity index is 373. The highest BCUT2D eigenvalue weighted by Gasteiger charge is 2.10. The Balaban J connectivity index is 2.25. The molecule has 3 heteroatoms. The molecule has 0 bridgehead atoms. The van der Waals surface area contributed by atoms with Crippen LogP contribution in [-0.2, 0) is 10.5 Å². The first kappa shape index (κ1) is 15.1. The fraction of sp³-hybridized carbons (Fsp3) is 0.533. The molecule has 0 aliphatic rings. The summed E-state index contributed by atoms with van der Waals surface area (Å²) in [5, 5.41) is 3.01. The molecule has 0 aliphatic heterocycles. The fourth-order valence-electron chi connectivity index (χ4n) is 1.41. The molecule has 0 unspecified atom stereocenters. The maximum absolute atomic E-state index is 11.7. The topological polar surface area (TPSA) is 29.1 Å². The van der Waals surface area contributed by atoms with Gasteiger partial charge in [-0.2, -0.15) is 0 Å². The number of rotatable bonds is 6. The van der Waals surface area contributed by atoms with Crippen LogP contribution in [0.5, 0.6) is 0 Å². The van der Waals surface area contributed by atoms with Crippen LogP contribution in [0.3, 0.4) is 0 Å². The maximum Gasteiger partial charge on any atom is 0.230 e. The van der Waals surface area contributed by atoms with Crippen LogP contribution in [0, 0.1) is 12.8 Å². The Labute approximate surface area is 115 Å². The minimum atomic E-state index is 0.133. The van der Waals surface area contributed by atoms with E-state index in [-0.39, 0.29) is 11.9 Å². The van der Waals surface area contributed by atoms with Gasteiger partial charge in [0.25, 0.3) is 0 Å². The monoisotopic (exact) mass is 265 g/mol. The van der Waals surface area contributed by atoms with Crippen molar-refractivity contribution in [2.75, 3.05) is 5.75 Å². The number of hydrogen-bond acceptors (Lipinski definition) is 2. The largest absolute Gasteiger partial charge is 0.353 e. The summed E-state index contributed by atoms with van der Waals surface area (Å²) in [5.41, 5.74) is 2.54. The molecule has 1 N–H and O–H groups in total. The zero-order valence-corrected chi connectivity index (χ0v) is 12.5. The van der Waals surface area contributed by atoms with E-state index >= 15 is 0 Å². The Hall–Kier alpha value is -0.960. The van der Waals surface area contributed by atoms with Gasteiger partial charge in [-0.1, -0.05) is 43.7 Å². The molecule has 100 valence electrons. The summed E-state index contributed by atoms with van der Waals surface area (Å²) < 4.78 is 0. The SMILES string of the molecule is Cc1ccc(CSCC(=O)N[C@H](C)C(C)C)cc1. The Morgan fingerprint density at radius 1 is 1.22 bits per heavy atom. The summed E-state index contributed by atoms with van der Waals surface area (Å²) in [4.78, 5) is 11.7. The van der Waals surface area contributed by atoms with Crippen LogP contribution in [-0.4, -0.2) is 17.7 Å². The minimum absolute atomic E-state index is 0.133. The third-order valence-electron chi connectivity index (χ3n) is 3.01. The molecule has 0 aromatic heterocycles. The van der Waals surface area contributed by atoms with E-state index < -0.39 is 0 Å². The zero-order chi connectivity index (χ0) is 13.5. The number of aryl methyl sites for hydroxylation is 1. The van der Waals surface area contributed by atoms with Crippen molar-refractivity contribution in [3.8, 4) is 0 Å². The molecular weight excluding hydrogens is 242 g/mol. The number of amides is 1. The first-order valence-corrected chi connectivity index (χ1v) is 7.57. The number of hydrogen-bond donors (Lipinski definition) is 1. The maximum atomic E-state index is 11.7. The van der Waals surface area contributed by atoms with E-state index in [2.05, 4.69) is 50.4 Å². The van der Waals surface area contributed by atoms with Gasteiger partial charge in [0, 0.05) is 11.8 Å². The molecule has 1 rings (SSSR count). The molecule has 1 atom stereocenters. The van der Waals surface area contributed by atoms with Gasteiger partial charge in [-0.05, 0) is 25.3 Å². The van der Waals surface area contributed by atoms with Gasteiger partial charge in [0.1, 0.15) is 0 Å². The molecule has 2 nitrogen and oxygen atoms in total. The summed E-state index contributed by atoms with van der Waals surface area (Å²) in [6.45, 7) is 8.36. The first-order valence-electron chi connectivity index (χ1n) is 6.41. The van der Waals surface area contributed by atoms with Crippen molar-refractivity contribution in [1.29, 1.82) is 0 Å². The molecule has 0 aliphatic carbocycles. The quantitative estimate of drug-likeness (QED) is 0.854. The molecule has 0 spiro atoms. The van der Waals surface area contributed by atoms with Crippen LogP contribution in [0.15, 0.2) is 24.3 Å². The lowest BCUT2D eigenvalue weighted by Gasteiger charge is -2.17. The minimum Gasteiger partial charge on any atom is -0.353 e. The van der Waals surface area contributed by atoms with Crippen molar-refractivity contribution in [3.05, 3.63) is 35.4 Å². The lowest BCUT2D eigenvalue weighted by atomic mass is 10.1. The Kier molecular flexibility index (Phi) is 6.27. The molecule has 0 saturated carbocycles. The van der Waals surface area contributed by atoms with Gasteiger partial charge in [0.05, 0.1) is 5.75 Å². The Morgan fingerprint density at radius 3 is 2.39 bits per heavy atom. The van der Waals surface area contributed by atoms with Crippen LogP contribution >= 0.6 is 11.8 Å². The van der Waals surface area contributed by atoms with Gasteiger partial charge in [-0.25, -0.2) is 0 Å². The van der Waals surface area contributed by atoms with E-state index in [9.17, 15) is 4.79 Å². The average molecular weight is 265 g/mol. The van der Waals surface area contributed by atoms with E-state index in [0.717, 1.165) is 5.75 Å². The third-order valence-corrected chi connectivity index (χ3v) is 4.01. The van der Waals surface area contributed by atoms with Crippen LogP contribution in [0.2, 0.25) is 0 Å². The van der Waals surface area contributed by atoms with Gasteiger partial charge < -0.3 is 5.32 Å². The van der Waals surface area contributed by atoms with Crippen molar-refractivity contribution in [2.45, 2.75) is 39.5 Å². The number of carbonyl (C=O) groups excluding carboxylic acids is 1. The molecule has 0 saturated heterocycles. The second-order valence-corrected chi connectivity index (χ2v) is 6.06. The van der Waals surface area contributed by atoms with Crippen molar-refractivity contribution < 1.29 is 4.79 Å². The highest BCUT2D eigenvalue weighted by molar-refractivity contribution is 7.99. The summed E-state index contributed by atoms with van der Waals surface area (Å²) in [6.07, 6.45) is 0. The normalized spacial score (nSPS) is 12.5. The highest BCUT2D eigenvalue weighted by Crippen LogP contribution is 2.13. The number of benzene rings is 1. The Morgan fingerprint density at radius 2 is 1.83 bits per heavy atom. The van der Waals surface area contributed by atoms with Crippen molar-refractivity contribution >= 4 is 17.7 Å². The predicted octanol–water partition coefficient (Wildman–Crippen LogP) is 3.39. The molecular formula is C15H23NOS. The number of thioether (sulfide) groups is 1. The van der Waals surface area contributed by atoms with E-state index in [4.69, 9.17) is 0 Å². The van der Waals surface area contributed by atoms with Gasteiger partial charge in [-0.3, -0.25) is 4.79 Å². The number of nitrogens with one attached hydrogen (secondary N) is 1. The standard InChI is InChI=1S/C15H23NOS/c1-11(2)13(4)16-15(17)10-18-9-14-7-5-12(3)6-8-14/h5-8,11,13H,9-10H2,1-4H3,(H,16,17)/t13-/m1/s1. The third kappa shape index (κ3) is 5.58. The van der Waals surface area contributed by atoms with Crippen LogP contribution in [0.4, 0.5) is 0 Å². The second kappa shape index (κ2) is 7.47. The molecule has 0 heterocycles. The van der Waals surface area contributed by atoms with Crippen LogP contribution in [0.1, 0.15) is 31.9 Å². The molecule has 18 heavy (non-hydrogen) atoms. The van der Waals surface area contributed by atoms with E-state index in [1.54, 1.807) is 11.8 Å². The van der Waals surface area contributed by atoms with E-state index in [1.165, 1.54) is 11.1 Å². The molecule has 1 aromatic carbocycles. The zero-order valence-electron chi connectivity index (χ0n) is 11.7. The van der Waals surface area contributed by atoms with Gasteiger partial charge in [0.2, 0.25) is 5.91 Å². The van der Waals surface area contributed by atoms with Crippen molar-refractivity contribution in [1.82, 2.24) is 5.32 Å². The highest BCUT2D eigenvalue weighted by atomic mass is 32.2. The predicted molar refractivity (Wildman–Crippen MR) is 79.8 cm³/mol. The summed E-state index contributed by atoms with van der Waals surface area (Å²) >= 11 is 1.66. The molecule has 0 radical (unpaired) electrons. The summed E-state index contributed by atoms with van der Waals surface area (Å²) in [5.74, 6) is 2.04. The fourth-order valence-corrected chi connectivity index (χ4v) is 2.21. The molecule has 0 fully saturated rings. The smallest absolute Gasteiger partial charge is 0.230 e.